The van der Waals surface area contributed by atoms with Crippen molar-refractivity contribution in [1.82, 2.24) is 19.7 Å². The molecule has 0 radical (unpaired) electrons. The number of amides is 2. The van der Waals surface area contributed by atoms with Gasteiger partial charge in [-0.3, -0.25) is 14.5 Å². The van der Waals surface area contributed by atoms with Gasteiger partial charge in [-0.25, -0.2) is 4.68 Å². The standard InChI is InChI=1S/C23H27N5O3/c1-26-12-5-8-19(26)18-15-22-27(23(30)11-14-28(22)25-18)13-6-10-21(29)24-16-17-7-3-4-9-20(17)31-2/h3-5,7-9,12,15H,6,10-11,13-14,16H2,1-2H3,(H,24,29). The van der Waals surface area contributed by atoms with Crippen LogP contribution in [0.5, 0.6) is 5.75 Å². The van der Waals surface area contributed by atoms with Crippen LogP contribution in [0.1, 0.15) is 24.8 Å². The Kier molecular flexibility index (Phi) is 6.06. The Morgan fingerprint density at radius 3 is 2.84 bits per heavy atom. The Balaban J connectivity index is 1.35. The van der Waals surface area contributed by atoms with E-state index in [4.69, 9.17) is 4.74 Å². The molecule has 3 heterocycles. The normalized spacial score (nSPS) is 13.2. The highest BCUT2D eigenvalue weighted by Gasteiger charge is 2.26. The van der Waals surface area contributed by atoms with E-state index in [9.17, 15) is 9.59 Å². The van der Waals surface area contributed by atoms with E-state index in [1.807, 2.05) is 65.0 Å². The minimum absolute atomic E-state index is 0.0478. The van der Waals surface area contributed by atoms with E-state index < -0.39 is 0 Å². The van der Waals surface area contributed by atoms with Crippen LogP contribution in [0.25, 0.3) is 11.4 Å². The average Bonchev–Trinajstić information content (AvgIpc) is 3.39. The maximum Gasteiger partial charge on any atom is 0.229 e. The minimum Gasteiger partial charge on any atom is -0.496 e. The molecule has 1 N–H and O–H groups in total. The van der Waals surface area contributed by atoms with Gasteiger partial charge in [0.1, 0.15) is 17.3 Å². The number of ether oxygens (including phenoxy) is 1. The fourth-order valence-corrected chi connectivity index (χ4v) is 3.87. The number of rotatable bonds is 8. The number of hydrogen-bond acceptors (Lipinski definition) is 4. The molecule has 1 aliphatic heterocycles. The Labute approximate surface area is 181 Å². The van der Waals surface area contributed by atoms with E-state index in [1.54, 1.807) is 12.0 Å². The van der Waals surface area contributed by atoms with Crippen molar-refractivity contribution in [3.05, 3.63) is 54.2 Å². The van der Waals surface area contributed by atoms with Gasteiger partial charge in [-0.05, 0) is 24.6 Å². The number of nitrogens with zero attached hydrogens (tertiary/aromatic N) is 4. The van der Waals surface area contributed by atoms with Crippen molar-refractivity contribution in [3.63, 3.8) is 0 Å². The number of hydrogen-bond donors (Lipinski definition) is 1. The zero-order valence-corrected chi connectivity index (χ0v) is 17.9. The summed E-state index contributed by atoms with van der Waals surface area (Å²) in [5.74, 6) is 1.57. The number of nitrogens with one attached hydrogen (secondary N) is 1. The molecule has 4 rings (SSSR count). The van der Waals surface area contributed by atoms with E-state index in [0.29, 0.717) is 38.9 Å². The monoisotopic (exact) mass is 421 g/mol. The third-order valence-electron chi connectivity index (χ3n) is 5.53. The summed E-state index contributed by atoms with van der Waals surface area (Å²) >= 11 is 0. The molecule has 0 fully saturated rings. The number of benzene rings is 1. The fraction of sp³-hybridized carbons (Fsp3) is 0.348. The van der Waals surface area contributed by atoms with Crippen molar-refractivity contribution < 1.29 is 14.3 Å². The van der Waals surface area contributed by atoms with Gasteiger partial charge in [-0.1, -0.05) is 18.2 Å². The van der Waals surface area contributed by atoms with Crippen molar-refractivity contribution >= 4 is 17.6 Å². The molecule has 3 aromatic rings. The largest absolute Gasteiger partial charge is 0.496 e. The van der Waals surface area contributed by atoms with E-state index in [2.05, 4.69) is 10.4 Å². The van der Waals surface area contributed by atoms with Gasteiger partial charge in [-0.15, -0.1) is 0 Å². The molecule has 0 bridgehead atoms. The van der Waals surface area contributed by atoms with Crippen LogP contribution < -0.4 is 15.0 Å². The molecular weight excluding hydrogens is 394 g/mol. The molecule has 8 nitrogen and oxygen atoms in total. The van der Waals surface area contributed by atoms with Gasteiger partial charge in [0.2, 0.25) is 11.8 Å². The lowest BCUT2D eigenvalue weighted by atomic mass is 10.2. The maximum absolute atomic E-state index is 12.5. The van der Waals surface area contributed by atoms with Gasteiger partial charge in [0.05, 0.1) is 19.3 Å². The van der Waals surface area contributed by atoms with Crippen molar-refractivity contribution in [2.24, 2.45) is 7.05 Å². The SMILES string of the molecule is COc1ccccc1CNC(=O)CCCN1C(=O)CCn2nc(-c3cccn3C)cc21. The average molecular weight is 422 g/mol. The van der Waals surface area contributed by atoms with E-state index >= 15 is 0 Å². The summed E-state index contributed by atoms with van der Waals surface area (Å²) in [6.45, 7) is 1.48. The number of para-hydroxylation sites is 1. The van der Waals surface area contributed by atoms with Crippen molar-refractivity contribution in [2.45, 2.75) is 32.4 Å². The number of anilines is 1. The first-order valence-electron chi connectivity index (χ1n) is 10.5. The molecule has 0 saturated carbocycles. The minimum atomic E-state index is -0.0478. The molecule has 0 atom stereocenters. The summed E-state index contributed by atoms with van der Waals surface area (Å²) < 4.78 is 9.20. The molecule has 31 heavy (non-hydrogen) atoms. The number of aryl methyl sites for hydroxylation is 2. The first kappa shape index (κ1) is 20.7. The molecule has 0 spiro atoms. The van der Waals surface area contributed by atoms with Crippen LogP contribution in [0.3, 0.4) is 0 Å². The molecule has 2 aromatic heterocycles. The summed E-state index contributed by atoms with van der Waals surface area (Å²) in [4.78, 5) is 26.6. The lowest BCUT2D eigenvalue weighted by Gasteiger charge is -2.27. The molecule has 8 heteroatoms. The van der Waals surface area contributed by atoms with Gasteiger partial charge < -0.3 is 14.6 Å². The van der Waals surface area contributed by atoms with Gasteiger partial charge in [0, 0.05) is 50.8 Å². The maximum atomic E-state index is 12.5. The molecule has 1 aromatic carbocycles. The third kappa shape index (κ3) is 4.47. The predicted octanol–water partition coefficient (Wildman–Crippen LogP) is 2.73. The number of carbonyl (C=O) groups is 2. The predicted molar refractivity (Wildman–Crippen MR) is 118 cm³/mol. The number of aromatic nitrogens is 3. The topological polar surface area (TPSA) is 81.4 Å². The zero-order chi connectivity index (χ0) is 21.8. The van der Waals surface area contributed by atoms with Crippen LogP contribution in [-0.4, -0.2) is 39.8 Å². The van der Waals surface area contributed by atoms with E-state index in [1.165, 1.54) is 0 Å². The van der Waals surface area contributed by atoms with E-state index in [0.717, 1.165) is 28.5 Å². The van der Waals surface area contributed by atoms with Gasteiger partial charge in [0.15, 0.2) is 0 Å². The second-order valence-corrected chi connectivity index (χ2v) is 7.60. The highest BCUT2D eigenvalue weighted by Crippen LogP contribution is 2.28. The van der Waals surface area contributed by atoms with Crippen LogP contribution in [-0.2, 0) is 29.7 Å². The zero-order valence-electron chi connectivity index (χ0n) is 17.9. The van der Waals surface area contributed by atoms with Crippen LogP contribution in [0.4, 0.5) is 5.82 Å². The number of methoxy groups -OCH3 is 1. The Hall–Kier alpha value is -3.55. The fourth-order valence-electron chi connectivity index (χ4n) is 3.87. The molecule has 0 aliphatic carbocycles. The second kappa shape index (κ2) is 9.07. The molecular formula is C23H27N5O3. The lowest BCUT2D eigenvalue weighted by molar-refractivity contribution is -0.122. The molecule has 2 amide bonds. The summed E-state index contributed by atoms with van der Waals surface area (Å²) in [5.41, 5.74) is 2.78. The highest BCUT2D eigenvalue weighted by atomic mass is 16.5. The summed E-state index contributed by atoms with van der Waals surface area (Å²) in [7, 11) is 3.59. The van der Waals surface area contributed by atoms with Gasteiger partial charge >= 0.3 is 0 Å². The summed E-state index contributed by atoms with van der Waals surface area (Å²) in [6.07, 6.45) is 3.31. The summed E-state index contributed by atoms with van der Waals surface area (Å²) in [6, 6.07) is 13.5. The van der Waals surface area contributed by atoms with Crippen molar-refractivity contribution in [2.75, 3.05) is 18.6 Å². The molecule has 1 aliphatic rings. The van der Waals surface area contributed by atoms with Crippen LogP contribution in [0.15, 0.2) is 48.7 Å². The highest BCUT2D eigenvalue weighted by molar-refractivity contribution is 5.94. The van der Waals surface area contributed by atoms with Crippen LogP contribution in [0, 0.1) is 0 Å². The van der Waals surface area contributed by atoms with Crippen molar-refractivity contribution in [1.29, 1.82) is 0 Å². The first-order valence-corrected chi connectivity index (χ1v) is 10.5. The Morgan fingerprint density at radius 1 is 1.23 bits per heavy atom. The van der Waals surface area contributed by atoms with Crippen LogP contribution in [0.2, 0.25) is 0 Å². The molecule has 162 valence electrons. The molecule has 0 unspecified atom stereocenters. The van der Waals surface area contributed by atoms with Gasteiger partial charge in [-0.2, -0.15) is 5.10 Å². The lowest BCUT2D eigenvalue weighted by Crippen LogP contribution is -2.38. The number of fused-ring (bicyclic) bond motifs is 1. The smallest absolute Gasteiger partial charge is 0.229 e. The molecule has 0 saturated heterocycles. The van der Waals surface area contributed by atoms with E-state index in [-0.39, 0.29) is 11.8 Å². The van der Waals surface area contributed by atoms with Gasteiger partial charge in [0.25, 0.3) is 0 Å². The second-order valence-electron chi connectivity index (χ2n) is 7.60. The van der Waals surface area contributed by atoms with Crippen molar-refractivity contribution in [3.8, 4) is 17.1 Å². The Bertz CT molecular complexity index is 1080. The quantitative estimate of drug-likeness (QED) is 0.606. The number of carbonyl (C=O) groups excluding carboxylic acids is 2. The Morgan fingerprint density at radius 2 is 2.06 bits per heavy atom. The third-order valence-corrected chi connectivity index (χ3v) is 5.53. The summed E-state index contributed by atoms with van der Waals surface area (Å²) in [5, 5.41) is 7.60. The first-order chi connectivity index (χ1) is 15.1. The van der Waals surface area contributed by atoms with Crippen LogP contribution >= 0.6 is 0 Å².